The van der Waals surface area contributed by atoms with Gasteiger partial charge in [-0.05, 0) is 58.4 Å². The van der Waals surface area contributed by atoms with Crippen molar-refractivity contribution in [1.82, 2.24) is 4.90 Å². The minimum Gasteiger partial charge on any atom is -0.326 e. The van der Waals surface area contributed by atoms with Crippen LogP contribution >= 0.6 is 0 Å². The summed E-state index contributed by atoms with van der Waals surface area (Å²) >= 11 is 0. The Kier molecular flexibility index (Phi) is 3.91. The van der Waals surface area contributed by atoms with E-state index in [2.05, 4.69) is 18.7 Å². The molecule has 1 saturated carbocycles. The van der Waals surface area contributed by atoms with E-state index in [1.807, 2.05) is 0 Å². The monoisotopic (exact) mass is 224 g/mol. The first kappa shape index (κ1) is 12.4. The number of nitrogens with zero attached hydrogens (tertiary/aromatic N) is 1. The van der Waals surface area contributed by atoms with Crippen molar-refractivity contribution in [3.05, 3.63) is 0 Å². The molecule has 1 unspecified atom stereocenters. The topological polar surface area (TPSA) is 29.3 Å². The van der Waals surface area contributed by atoms with Crippen LogP contribution in [0.2, 0.25) is 0 Å². The van der Waals surface area contributed by atoms with E-state index in [1.165, 1.54) is 51.6 Å². The highest BCUT2D eigenvalue weighted by atomic mass is 15.2. The van der Waals surface area contributed by atoms with Crippen molar-refractivity contribution in [1.29, 1.82) is 0 Å². The van der Waals surface area contributed by atoms with E-state index < -0.39 is 0 Å². The van der Waals surface area contributed by atoms with Gasteiger partial charge >= 0.3 is 0 Å². The number of nitrogens with two attached hydrogens (primary N) is 1. The third-order valence-corrected chi connectivity index (χ3v) is 4.40. The van der Waals surface area contributed by atoms with E-state index in [0.29, 0.717) is 0 Å². The van der Waals surface area contributed by atoms with Gasteiger partial charge < -0.3 is 10.6 Å². The highest BCUT2D eigenvalue weighted by molar-refractivity contribution is 4.88. The van der Waals surface area contributed by atoms with Gasteiger partial charge in [-0.25, -0.2) is 0 Å². The summed E-state index contributed by atoms with van der Waals surface area (Å²) in [5.41, 5.74) is 6.09. The van der Waals surface area contributed by atoms with Crippen LogP contribution in [0.1, 0.15) is 58.8 Å². The van der Waals surface area contributed by atoms with E-state index in [4.69, 9.17) is 5.73 Å². The van der Waals surface area contributed by atoms with Crippen molar-refractivity contribution in [3.8, 4) is 0 Å². The fourth-order valence-electron chi connectivity index (χ4n) is 3.44. The molecule has 0 aromatic heterocycles. The molecule has 0 spiro atoms. The van der Waals surface area contributed by atoms with Crippen LogP contribution in [0, 0.1) is 5.92 Å². The maximum atomic E-state index is 6.09. The fourth-order valence-corrected chi connectivity index (χ4v) is 3.44. The Balaban J connectivity index is 1.83. The molecule has 0 aromatic carbocycles. The van der Waals surface area contributed by atoms with Gasteiger partial charge in [0, 0.05) is 18.1 Å². The van der Waals surface area contributed by atoms with Gasteiger partial charge in [0.15, 0.2) is 0 Å². The van der Waals surface area contributed by atoms with E-state index in [-0.39, 0.29) is 5.54 Å². The second kappa shape index (κ2) is 5.05. The maximum Gasteiger partial charge on any atom is 0.0124 e. The smallest absolute Gasteiger partial charge is 0.0124 e. The minimum atomic E-state index is 0.00279. The van der Waals surface area contributed by atoms with Crippen molar-refractivity contribution < 1.29 is 0 Å². The molecule has 0 radical (unpaired) electrons. The van der Waals surface area contributed by atoms with Gasteiger partial charge in [-0.2, -0.15) is 0 Å². The maximum absolute atomic E-state index is 6.09. The van der Waals surface area contributed by atoms with Gasteiger partial charge in [-0.1, -0.05) is 12.8 Å². The first-order valence-corrected chi connectivity index (χ1v) is 7.09. The van der Waals surface area contributed by atoms with Gasteiger partial charge in [-0.15, -0.1) is 0 Å². The van der Waals surface area contributed by atoms with Gasteiger partial charge in [0.25, 0.3) is 0 Å². The third-order valence-electron chi connectivity index (χ3n) is 4.40. The molecular formula is C14H28N2. The molecule has 94 valence electrons. The molecule has 1 atom stereocenters. The lowest BCUT2D eigenvalue weighted by atomic mass is 9.95. The predicted molar refractivity (Wildman–Crippen MR) is 69.4 cm³/mol. The molecule has 2 N–H and O–H groups in total. The Morgan fingerprint density at radius 3 is 2.44 bits per heavy atom. The molecule has 2 rings (SSSR count). The van der Waals surface area contributed by atoms with Gasteiger partial charge in [0.1, 0.15) is 0 Å². The summed E-state index contributed by atoms with van der Waals surface area (Å²) in [6.45, 7) is 6.82. The summed E-state index contributed by atoms with van der Waals surface area (Å²) in [6.07, 6.45) is 9.88. The quantitative estimate of drug-likeness (QED) is 0.795. The molecule has 2 aliphatic rings. The van der Waals surface area contributed by atoms with Gasteiger partial charge in [0.05, 0.1) is 0 Å². The Hall–Kier alpha value is -0.0800. The standard InChI is InChI=1S/C14H28N2/c1-14(2,15)9-11-16-10-5-8-13(16)12-6-3-4-7-12/h12-13H,3-11,15H2,1-2H3. The molecule has 2 fully saturated rings. The largest absolute Gasteiger partial charge is 0.326 e. The molecule has 2 nitrogen and oxygen atoms in total. The van der Waals surface area contributed by atoms with E-state index in [0.717, 1.165) is 18.4 Å². The van der Waals surface area contributed by atoms with E-state index in [1.54, 1.807) is 0 Å². The van der Waals surface area contributed by atoms with Crippen molar-refractivity contribution >= 4 is 0 Å². The Morgan fingerprint density at radius 1 is 1.12 bits per heavy atom. The van der Waals surface area contributed by atoms with E-state index >= 15 is 0 Å². The first-order valence-electron chi connectivity index (χ1n) is 7.09. The number of hydrogen-bond acceptors (Lipinski definition) is 2. The molecule has 1 aliphatic carbocycles. The normalized spacial score (nSPS) is 29.1. The average Bonchev–Trinajstić information content (AvgIpc) is 2.84. The Labute approximate surface area is 101 Å². The molecule has 1 aliphatic heterocycles. The van der Waals surface area contributed by atoms with Crippen LogP contribution in [-0.2, 0) is 0 Å². The summed E-state index contributed by atoms with van der Waals surface area (Å²) in [6, 6.07) is 0.893. The zero-order chi connectivity index (χ0) is 11.6. The Bertz CT molecular complexity index is 213. The summed E-state index contributed by atoms with van der Waals surface area (Å²) in [5.74, 6) is 1.00. The predicted octanol–water partition coefficient (Wildman–Crippen LogP) is 2.77. The molecule has 16 heavy (non-hydrogen) atoms. The number of likely N-dealkylation sites (tertiary alicyclic amines) is 1. The van der Waals surface area contributed by atoms with Gasteiger partial charge in [0.2, 0.25) is 0 Å². The molecule has 2 heteroatoms. The lowest BCUT2D eigenvalue weighted by Gasteiger charge is -2.31. The third kappa shape index (κ3) is 3.21. The molecule has 1 saturated heterocycles. The van der Waals surface area contributed by atoms with Crippen LogP contribution in [0.15, 0.2) is 0 Å². The van der Waals surface area contributed by atoms with Crippen LogP contribution in [-0.4, -0.2) is 29.6 Å². The second-order valence-corrected chi connectivity index (χ2v) is 6.53. The van der Waals surface area contributed by atoms with Crippen molar-refractivity contribution in [2.24, 2.45) is 11.7 Å². The van der Waals surface area contributed by atoms with Crippen LogP contribution in [0.3, 0.4) is 0 Å². The molecule has 0 bridgehead atoms. The fraction of sp³-hybridized carbons (Fsp3) is 1.00. The highest BCUT2D eigenvalue weighted by Crippen LogP contribution is 2.35. The average molecular weight is 224 g/mol. The van der Waals surface area contributed by atoms with Gasteiger partial charge in [-0.3, -0.25) is 0 Å². The van der Waals surface area contributed by atoms with Crippen molar-refractivity contribution in [3.63, 3.8) is 0 Å². The number of rotatable bonds is 4. The zero-order valence-electron chi connectivity index (χ0n) is 11.0. The molecule has 0 aromatic rings. The van der Waals surface area contributed by atoms with Crippen LogP contribution in [0.25, 0.3) is 0 Å². The molecule has 1 heterocycles. The van der Waals surface area contributed by atoms with Crippen LogP contribution in [0.4, 0.5) is 0 Å². The zero-order valence-corrected chi connectivity index (χ0v) is 11.0. The lowest BCUT2D eigenvalue weighted by Crippen LogP contribution is -2.41. The lowest BCUT2D eigenvalue weighted by molar-refractivity contribution is 0.178. The number of hydrogen-bond donors (Lipinski definition) is 1. The van der Waals surface area contributed by atoms with Crippen LogP contribution < -0.4 is 5.73 Å². The summed E-state index contributed by atoms with van der Waals surface area (Å²) in [7, 11) is 0. The van der Waals surface area contributed by atoms with Crippen LogP contribution in [0.5, 0.6) is 0 Å². The molecule has 0 amide bonds. The summed E-state index contributed by atoms with van der Waals surface area (Å²) < 4.78 is 0. The SMILES string of the molecule is CC(C)(N)CCN1CCCC1C1CCCC1. The van der Waals surface area contributed by atoms with Crippen molar-refractivity contribution in [2.75, 3.05) is 13.1 Å². The first-order chi connectivity index (χ1) is 7.56. The summed E-state index contributed by atoms with van der Waals surface area (Å²) in [4.78, 5) is 2.73. The van der Waals surface area contributed by atoms with Crippen molar-refractivity contribution in [2.45, 2.75) is 70.4 Å². The summed E-state index contributed by atoms with van der Waals surface area (Å²) in [5, 5.41) is 0. The molecular weight excluding hydrogens is 196 g/mol. The second-order valence-electron chi connectivity index (χ2n) is 6.53. The van der Waals surface area contributed by atoms with E-state index in [9.17, 15) is 0 Å². The highest BCUT2D eigenvalue weighted by Gasteiger charge is 2.33. The minimum absolute atomic E-state index is 0.00279. The Morgan fingerprint density at radius 2 is 1.81 bits per heavy atom.